The van der Waals surface area contributed by atoms with E-state index in [0.717, 1.165) is 12.0 Å². The standard InChI is InChI=1S/C56H90O32S/c1-18(59)24-7-8-25-23-14-28(27-13-22(88-89(73,74)75)9-11-56(27,6)26(23)10-12-55(24,25)5)80-51-43(71)46(34(62)20(3)78-51)85-53-47(86-49-41(69)38(66)32(60)19(2)77-49)37(65)31(17-76-53)83-54-48(40(68)36(64)30(16-58)82-54)87-52-44(72)45(33(61)21(4)79-52)84-50-42(70)39(67)35(63)29(15-57)81-50/h10,19-25,27-54,57-58,60-72H,7-9,11-17H2,1-6H3,(H,73,74,75)/t19-,20-,21-,22+,23+,24-,25+,27-,28+,29-,30-,31-,32-,33+,34-,35+,36+,37+,38+,39+,40+,41-,42-,43-,44-,45+,46+,47-,48-,49+,50+,51+,52+,53+,54+,55-,56-/m1/s1. The summed E-state index contributed by atoms with van der Waals surface area (Å²) in [5.41, 5.74) is 0.164. The van der Waals surface area contributed by atoms with Crippen LogP contribution < -0.4 is 0 Å². The maximum Gasteiger partial charge on any atom is 0.397 e. The highest BCUT2D eigenvalue weighted by molar-refractivity contribution is 7.80. The van der Waals surface area contributed by atoms with Gasteiger partial charge in [-0.05, 0) is 101 Å². The highest BCUT2D eigenvalue weighted by atomic mass is 32.3. The van der Waals surface area contributed by atoms with E-state index in [4.69, 9.17) is 61.0 Å². The van der Waals surface area contributed by atoms with Gasteiger partial charge in [-0.25, -0.2) is 4.18 Å². The smallest absolute Gasteiger partial charge is 0.394 e. The van der Waals surface area contributed by atoms with Crippen LogP contribution in [0.4, 0.5) is 0 Å². The number of ether oxygens (including phenoxy) is 12. The number of aliphatic hydroxyl groups excluding tert-OH is 15. The van der Waals surface area contributed by atoms with Crippen molar-refractivity contribution in [3.05, 3.63) is 11.6 Å². The lowest BCUT2D eigenvalue weighted by Gasteiger charge is -2.59. The Morgan fingerprint density at radius 2 is 1.01 bits per heavy atom. The number of aliphatic hydroxyl groups is 15. The van der Waals surface area contributed by atoms with Crippen LogP contribution in [-0.4, -0.2) is 306 Å². The van der Waals surface area contributed by atoms with Crippen molar-refractivity contribution in [3.8, 4) is 0 Å². The summed E-state index contributed by atoms with van der Waals surface area (Å²) < 4.78 is 112. The SMILES string of the molecule is CC(=O)[C@H]1CC[C@H]2[C@@H]3C[C@H](O[C@@H]4O[C@H](C)[C@@H](O)[C@H](O[C@@H]5OC[C@@H](O[C@@H]6O[C@H](CO)[C@H](O)[C@H](O)[C@H]6O[C@@H]6O[C@H](C)[C@H](O)[C@H](O[C@@H]7O[C@H](CO)[C@H](O)[C@H](O)[C@H]7O)[C@H]6O)[C@H](O)[C@H]5O[C@@H]5O[C@H](C)[C@@H](O)[C@H](O)[C@H]5O)[C@H]4O)[C@H]4C[C@@H](OS(=O)(=O)O)CC[C@]4(C)C3=CC[C@]12C. The molecule has 4 aliphatic carbocycles. The molecular formula is C56H90O32S. The topological polar surface area (TPSA) is 495 Å². The summed E-state index contributed by atoms with van der Waals surface area (Å²) in [4.78, 5) is 13.1. The van der Waals surface area contributed by atoms with Crippen molar-refractivity contribution >= 4 is 16.2 Å². The fraction of sp³-hybridized carbons (Fsp3) is 0.946. The number of carbonyl (C=O) groups is 1. The van der Waals surface area contributed by atoms with Gasteiger partial charge in [-0.1, -0.05) is 25.5 Å². The van der Waals surface area contributed by atoms with Crippen LogP contribution in [0.3, 0.4) is 0 Å². The van der Waals surface area contributed by atoms with Crippen molar-refractivity contribution in [1.82, 2.24) is 0 Å². The molecule has 0 unspecified atom stereocenters. The third-order valence-electron chi connectivity index (χ3n) is 21.0. The predicted molar refractivity (Wildman–Crippen MR) is 289 cm³/mol. The average molecular weight is 1310 g/mol. The van der Waals surface area contributed by atoms with Crippen molar-refractivity contribution in [2.24, 2.45) is 34.5 Å². The zero-order chi connectivity index (χ0) is 64.8. The zero-order valence-electron chi connectivity index (χ0n) is 50.0. The third-order valence-corrected chi connectivity index (χ3v) is 21.5. The van der Waals surface area contributed by atoms with E-state index in [1.165, 1.54) is 20.8 Å². The Morgan fingerprint density at radius 1 is 0.528 bits per heavy atom. The first-order chi connectivity index (χ1) is 41.8. The molecular weight excluding hydrogens is 1220 g/mol. The summed E-state index contributed by atoms with van der Waals surface area (Å²) in [6.07, 6.45) is -48.1. The van der Waals surface area contributed by atoms with Gasteiger partial charge in [0, 0.05) is 5.92 Å². The maximum atomic E-state index is 13.1. The molecule has 16 N–H and O–H groups in total. The van der Waals surface area contributed by atoms with Crippen molar-refractivity contribution in [1.29, 1.82) is 0 Å². The highest BCUT2D eigenvalue weighted by Gasteiger charge is 2.63. The molecule has 6 aliphatic heterocycles. The van der Waals surface area contributed by atoms with E-state index in [2.05, 4.69) is 19.9 Å². The number of Topliss-reactive ketones (excluding diaryl/α,β-unsaturated/α-hetero) is 1. The largest absolute Gasteiger partial charge is 0.397 e. The fourth-order valence-electron chi connectivity index (χ4n) is 15.8. The first-order valence-corrected chi connectivity index (χ1v) is 31.9. The lowest BCUT2D eigenvalue weighted by Crippen LogP contribution is -2.67. The van der Waals surface area contributed by atoms with Crippen molar-refractivity contribution in [2.75, 3.05) is 19.8 Å². The summed E-state index contributed by atoms with van der Waals surface area (Å²) in [6, 6.07) is 0. The van der Waals surface area contributed by atoms with E-state index in [9.17, 15) is 94.4 Å². The van der Waals surface area contributed by atoms with Crippen LogP contribution in [0.15, 0.2) is 11.6 Å². The van der Waals surface area contributed by atoms with Gasteiger partial charge in [-0.15, -0.1) is 0 Å². The normalized spacial score (nSPS) is 53.9. The molecule has 0 aromatic heterocycles. The number of fused-ring (bicyclic) bond motifs is 5. The molecule has 0 aromatic carbocycles. The second kappa shape index (κ2) is 27.4. The van der Waals surface area contributed by atoms with Gasteiger partial charge in [0.2, 0.25) is 0 Å². The highest BCUT2D eigenvalue weighted by Crippen LogP contribution is 2.66. The Labute approximate surface area is 512 Å². The van der Waals surface area contributed by atoms with Gasteiger partial charge in [-0.2, -0.15) is 8.42 Å². The second-order valence-electron chi connectivity index (χ2n) is 26.4. The lowest BCUT2D eigenvalue weighted by atomic mass is 9.48. The average Bonchev–Trinajstić information content (AvgIpc) is 1.71. The van der Waals surface area contributed by atoms with E-state index < -0.39 is 232 Å². The first kappa shape index (κ1) is 70.0. The van der Waals surface area contributed by atoms with Gasteiger partial charge in [0.1, 0.15) is 128 Å². The molecule has 0 spiro atoms. The Bertz CT molecular complexity index is 2550. The molecule has 89 heavy (non-hydrogen) atoms. The van der Waals surface area contributed by atoms with Gasteiger partial charge < -0.3 is 133 Å². The molecule has 3 saturated carbocycles. The summed E-state index contributed by atoms with van der Waals surface area (Å²) in [5.74, 6) is -0.640. The van der Waals surface area contributed by atoms with E-state index >= 15 is 0 Å². The van der Waals surface area contributed by atoms with Gasteiger partial charge in [0.05, 0.1) is 50.3 Å². The van der Waals surface area contributed by atoms with Crippen LogP contribution in [0.25, 0.3) is 0 Å². The third kappa shape index (κ3) is 13.4. The molecule has 6 heterocycles. The molecule has 0 bridgehead atoms. The summed E-state index contributed by atoms with van der Waals surface area (Å²) in [5, 5.41) is 166. The van der Waals surface area contributed by atoms with Crippen LogP contribution in [0.1, 0.15) is 86.5 Å². The van der Waals surface area contributed by atoms with Gasteiger partial charge >= 0.3 is 10.4 Å². The first-order valence-electron chi connectivity index (χ1n) is 30.6. The Balaban J connectivity index is 0.901. The molecule has 32 nitrogen and oxygen atoms in total. The van der Waals surface area contributed by atoms with E-state index in [-0.39, 0.29) is 41.8 Å². The van der Waals surface area contributed by atoms with Gasteiger partial charge in [0.15, 0.2) is 37.7 Å². The lowest BCUT2D eigenvalue weighted by molar-refractivity contribution is -0.402. The Hall–Kier alpha value is -1.80. The minimum absolute atomic E-state index is 0.0527. The number of rotatable bonds is 17. The van der Waals surface area contributed by atoms with E-state index in [1.54, 1.807) is 6.92 Å². The van der Waals surface area contributed by atoms with Gasteiger partial charge in [-0.3, -0.25) is 9.35 Å². The molecule has 512 valence electrons. The van der Waals surface area contributed by atoms with Crippen LogP contribution in [0.5, 0.6) is 0 Å². The predicted octanol–water partition coefficient (Wildman–Crippen LogP) is -6.02. The van der Waals surface area contributed by atoms with Gasteiger partial charge in [0.25, 0.3) is 0 Å². The summed E-state index contributed by atoms with van der Waals surface area (Å²) >= 11 is 0. The van der Waals surface area contributed by atoms with Crippen LogP contribution in [0.2, 0.25) is 0 Å². The van der Waals surface area contributed by atoms with E-state index in [1.807, 2.05) is 0 Å². The molecule has 0 amide bonds. The fourth-order valence-corrected chi connectivity index (χ4v) is 16.4. The molecule has 6 saturated heterocycles. The molecule has 37 atom stereocenters. The molecule has 0 aromatic rings. The number of carbonyl (C=O) groups excluding carboxylic acids is 1. The van der Waals surface area contributed by atoms with Crippen molar-refractivity contribution in [3.63, 3.8) is 0 Å². The maximum absolute atomic E-state index is 13.1. The number of hydrogen-bond donors (Lipinski definition) is 16. The quantitative estimate of drug-likeness (QED) is 0.0476. The summed E-state index contributed by atoms with van der Waals surface area (Å²) in [6.45, 7) is 7.42. The minimum Gasteiger partial charge on any atom is -0.394 e. The number of allylic oxidation sites excluding steroid dienone is 2. The molecule has 9 fully saturated rings. The zero-order valence-corrected chi connectivity index (χ0v) is 50.8. The molecule has 33 heteroatoms. The van der Waals surface area contributed by atoms with Crippen LogP contribution >= 0.6 is 0 Å². The summed E-state index contributed by atoms with van der Waals surface area (Å²) in [7, 11) is -4.88. The Kier molecular flexibility index (Phi) is 21.5. The number of ketones is 1. The van der Waals surface area contributed by atoms with Crippen LogP contribution in [0, 0.1) is 34.5 Å². The van der Waals surface area contributed by atoms with Crippen molar-refractivity contribution < 1.29 is 155 Å². The molecule has 0 radical (unpaired) electrons. The Morgan fingerprint density at radius 3 is 1.58 bits per heavy atom. The molecule has 10 aliphatic rings. The minimum atomic E-state index is -4.88. The second-order valence-corrected chi connectivity index (χ2v) is 27.5. The number of hydrogen-bond acceptors (Lipinski definition) is 31. The monoisotopic (exact) mass is 1310 g/mol. The van der Waals surface area contributed by atoms with E-state index in [0.29, 0.717) is 25.7 Å². The van der Waals surface area contributed by atoms with Crippen molar-refractivity contribution in [2.45, 2.75) is 277 Å². The van der Waals surface area contributed by atoms with Crippen LogP contribution in [-0.2, 0) is 76.2 Å². The molecule has 10 rings (SSSR count).